The Balaban J connectivity index is 2.14. The second kappa shape index (κ2) is 7.23. The molecule has 1 unspecified atom stereocenters. The third kappa shape index (κ3) is 5.11. The Morgan fingerprint density at radius 3 is 2.60 bits per heavy atom. The Hall–Kier alpha value is -1.76. The Morgan fingerprint density at radius 1 is 1.36 bits per heavy atom. The quantitative estimate of drug-likeness (QED) is 0.522. The molecule has 0 aromatic heterocycles. The number of piperidine rings is 1. The minimum absolute atomic E-state index is 0.000923. The fraction of sp³-hybridized carbons (Fsp3) is 0.538. The third-order valence-electron chi connectivity index (χ3n) is 4.03. The number of nitrogens with two attached hydrogens (primary N) is 1. The fourth-order valence-corrected chi connectivity index (χ4v) is 4.21. The SMILES string of the molecule is CS(=O)(=O)N1CCCC(CNc2ccc(S(N)(=O)=O)cc2[N+](=O)[O-])C1. The fourth-order valence-electron chi connectivity index (χ4n) is 2.74. The first-order chi connectivity index (χ1) is 11.5. The standard InChI is InChI=1S/C13H20N4O6S2/c1-24(20,21)16-6-2-3-10(9-16)8-15-12-5-4-11(25(14,22)23)7-13(12)17(18)19/h4-5,7,10,15H,2-3,6,8-9H2,1H3,(H2,14,22,23). The lowest BCUT2D eigenvalue weighted by Gasteiger charge is -2.31. The Kier molecular flexibility index (Phi) is 5.66. The number of primary sulfonamides is 1. The van der Waals surface area contributed by atoms with E-state index in [-0.39, 0.29) is 16.5 Å². The van der Waals surface area contributed by atoms with Gasteiger partial charge in [-0.3, -0.25) is 10.1 Å². The lowest BCUT2D eigenvalue weighted by Crippen LogP contribution is -2.41. The van der Waals surface area contributed by atoms with Crippen molar-refractivity contribution in [2.24, 2.45) is 11.1 Å². The van der Waals surface area contributed by atoms with Gasteiger partial charge in [0.05, 0.1) is 16.1 Å². The van der Waals surface area contributed by atoms with Gasteiger partial charge in [0, 0.05) is 25.7 Å². The number of nitro benzene ring substituents is 1. The molecule has 2 rings (SSSR count). The average molecular weight is 392 g/mol. The highest BCUT2D eigenvalue weighted by atomic mass is 32.2. The normalized spacial score (nSPS) is 19.5. The van der Waals surface area contributed by atoms with Crippen molar-refractivity contribution in [3.05, 3.63) is 28.3 Å². The number of benzene rings is 1. The molecule has 0 amide bonds. The molecule has 25 heavy (non-hydrogen) atoms. The molecule has 1 aromatic rings. The summed E-state index contributed by atoms with van der Waals surface area (Å²) >= 11 is 0. The van der Waals surface area contributed by atoms with Crippen LogP contribution in [0.3, 0.4) is 0 Å². The summed E-state index contributed by atoms with van der Waals surface area (Å²) in [6, 6.07) is 3.38. The van der Waals surface area contributed by atoms with E-state index in [0.717, 1.165) is 18.7 Å². The van der Waals surface area contributed by atoms with Gasteiger partial charge < -0.3 is 5.32 Å². The van der Waals surface area contributed by atoms with Crippen molar-refractivity contribution in [3.63, 3.8) is 0 Å². The summed E-state index contributed by atoms with van der Waals surface area (Å²) in [7, 11) is -7.31. The Morgan fingerprint density at radius 2 is 2.04 bits per heavy atom. The topological polar surface area (TPSA) is 153 Å². The number of sulfonamides is 2. The molecule has 1 fully saturated rings. The summed E-state index contributed by atoms with van der Waals surface area (Å²) in [5, 5.41) is 19.1. The minimum atomic E-state index is -4.04. The number of anilines is 1. The largest absolute Gasteiger partial charge is 0.379 e. The van der Waals surface area contributed by atoms with Crippen molar-refractivity contribution < 1.29 is 21.8 Å². The van der Waals surface area contributed by atoms with E-state index in [2.05, 4.69) is 5.32 Å². The van der Waals surface area contributed by atoms with Gasteiger partial charge in [0.2, 0.25) is 20.0 Å². The van der Waals surface area contributed by atoms with Gasteiger partial charge in [-0.05, 0) is 30.9 Å². The molecule has 0 spiro atoms. The van der Waals surface area contributed by atoms with Gasteiger partial charge in [0.25, 0.3) is 5.69 Å². The number of hydrogen-bond acceptors (Lipinski definition) is 7. The first-order valence-corrected chi connectivity index (χ1v) is 10.9. The first-order valence-electron chi connectivity index (χ1n) is 7.48. The van der Waals surface area contributed by atoms with Crippen LogP contribution in [0, 0.1) is 16.0 Å². The van der Waals surface area contributed by atoms with Crippen LogP contribution in [-0.2, 0) is 20.0 Å². The summed E-state index contributed by atoms with van der Waals surface area (Å²) in [4.78, 5) is 10.1. The number of nitrogens with zero attached hydrogens (tertiary/aromatic N) is 2. The molecule has 0 aliphatic carbocycles. The predicted octanol–water partition coefficient (Wildman–Crippen LogP) is 0.326. The second-order valence-corrected chi connectivity index (χ2v) is 9.54. The van der Waals surface area contributed by atoms with Crippen LogP contribution in [0.5, 0.6) is 0 Å². The summed E-state index contributed by atoms with van der Waals surface area (Å²) < 4.78 is 47.3. The molecule has 0 saturated carbocycles. The number of rotatable bonds is 6. The van der Waals surface area contributed by atoms with Crippen molar-refractivity contribution in [1.82, 2.24) is 4.31 Å². The van der Waals surface area contributed by atoms with Crippen molar-refractivity contribution in [3.8, 4) is 0 Å². The van der Waals surface area contributed by atoms with Crippen LogP contribution < -0.4 is 10.5 Å². The highest BCUT2D eigenvalue weighted by molar-refractivity contribution is 7.89. The van der Waals surface area contributed by atoms with E-state index in [1.165, 1.54) is 16.4 Å². The highest BCUT2D eigenvalue weighted by Gasteiger charge is 2.26. The molecule has 1 atom stereocenters. The molecule has 0 radical (unpaired) electrons. The molecule has 1 aromatic carbocycles. The van der Waals surface area contributed by atoms with Gasteiger partial charge >= 0.3 is 0 Å². The Bertz CT molecular complexity index is 869. The van der Waals surface area contributed by atoms with Crippen LogP contribution >= 0.6 is 0 Å². The molecule has 3 N–H and O–H groups in total. The van der Waals surface area contributed by atoms with Crippen LogP contribution in [-0.4, -0.2) is 52.0 Å². The van der Waals surface area contributed by atoms with Gasteiger partial charge in [-0.25, -0.2) is 26.3 Å². The smallest absolute Gasteiger partial charge is 0.293 e. The summed E-state index contributed by atoms with van der Waals surface area (Å²) in [6.45, 7) is 1.15. The van der Waals surface area contributed by atoms with Crippen LogP contribution in [0.25, 0.3) is 0 Å². The van der Waals surface area contributed by atoms with Gasteiger partial charge in [-0.1, -0.05) is 0 Å². The van der Waals surface area contributed by atoms with Gasteiger partial charge in [-0.15, -0.1) is 0 Å². The molecule has 1 saturated heterocycles. The van der Waals surface area contributed by atoms with E-state index >= 15 is 0 Å². The minimum Gasteiger partial charge on any atom is -0.379 e. The molecule has 1 aliphatic rings. The van der Waals surface area contributed by atoms with Crippen LogP contribution in [0.2, 0.25) is 0 Å². The van der Waals surface area contributed by atoms with Gasteiger partial charge in [-0.2, -0.15) is 0 Å². The highest BCUT2D eigenvalue weighted by Crippen LogP contribution is 2.28. The second-order valence-electron chi connectivity index (χ2n) is 5.99. The van der Waals surface area contributed by atoms with Crippen molar-refractivity contribution in [2.75, 3.05) is 31.2 Å². The Labute approximate surface area is 146 Å². The van der Waals surface area contributed by atoms with E-state index in [4.69, 9.17) is 5.14 Å². The molecular weight excluding hydrogens is 372 g/mol. The van der Waals surface area contributed by atoms with Crippen molar-refractivity contribution in [1.29, 1.82) is 0 Å². The molecule has 1 heterocycles. The van der Waals surface area contributed by atoms with Crippen LogP contribution in [0.1, 0.15) is 12.8 Å². The lowest BCUT2D eigenvalue weighted by atomic mass is 9.99. The number of hydrogen-bond donors (Lipinski definition) is 2. The lowest BCUT2D eigenvalue weighted by molar-refractivity contribution is -0.384. The zero-order valence-electron chi connectivity index (χ0n) is 13.6. The maximum absolute atomic E-state index is 11.6. The molecule has 0 bridgehead atoms. The van der Waals surface area contributed by atoms with E-state index in [1.54, 1.807) is 0 Å². The zero-order chi connectivity index (χ0) is 18.8. The molecular formula is C13H20N4O6S2. The number of nitrogens with one attached hydrogen (secondary N) is 1. The summed E-state index contributed by atoms with van der Waals surface area (Å²) in [5.41, 5.74) is -0.240. The van der Waals surface area contributed by atoms with E-state index in [1.807, 2.05) is 0 Å². The predicted molar refractivity (Wildman–Crippen MR) is 92.1 cm³/mol. The molecule has 1 aliphatic heterocycles. The molecule has 140 valence electrons. The summed E-state index contributed by atoms with van der Waals surface area (Å²) in [6.07, 6.45) is 2.66. The monoisotopic (exact) mass is 392 g/mol. The van der Waals surface area contributed by atoms with E-state index in [0.29, 0.717) is 26.1 Å². The van der Waals surface area contributed by atoms with Crippen LogP contribution in [0.15, 0.2) is 23.1 Å². The first kappa shape index (κ1) is 19.6. The zero-order valence-corrected chi connectivity index (χ0v) is 15.2. The number of nitro groups is 1. The maximum Gasteiger partial charge on any atom is 0.293 e. The average Bonchev–Trinajstić information content (AvgIpc) is 2.51. The molecule has 10 nitrogen and oxygen atoms in total. The summed E-state index contributed by atoms with van der Waals surface area (Å²) in [5.74, 6) is 0.000923. The van der Waals surface area contributed by atoms with Crippen molar-refractivity contribution in [2.45, 2.75) is 17.7 Å². The van der Waals surface area contributed by atoms with E-state index < -0.39 is 30.7 Å². The van der Waals surface area contributed by atoms with Gasteiger partial charge in [0.1, 0.15) is 5.69 Å². The maximum atomic E-state index is 11.6. The third-order valence-corrected chi connectivity index (χ3v) is 6.21. The van der Waals surface area contributed by atoms with E-state index in [9.17, 15) is 26.9 Å². The molecule has 12 heteroatoms. The van der Waals surface area contributed by atoms with Gasteiger partial charge in [0.15, 0.2) is 0 Å². The van der Waals surface area contributed by atoms with Crippen molar-refractivity contribution >= 4 is 31.4 Å². The van der Waals surface area contributed by atoms with Crippen LogP contribution in [0.4, 0.5) is 11.4 Å².